The van der Waals surface area contributed by atoms with E-state index >= 15 is 0 Å². The molecule has 91 heavy (non-hydrogen) atoms. The molecule has 1 amide bonds. The lowest BCUT2D eigenvalue weighted by Crippen LogP contribution is -2.66. The second-order valence-corrected chi connectivity index (χ2v) is 24.6. The fraction of sp³-hybridized carbons (Fsp3) is 0.764. The molecule has 19 heteroatoms. The van der Waals surface area contributed by atoms with E-state index in [4.69, 9.17) is 28.4 Å². The number of aliphatic hydroxyl groups excluding tert-OH is 11. The van der Waals surface area contributed by atoms with E-state index in [1.54, 1.807) is 6.08 Å². The Morgan fingerprint density at radius 2 is 0.758 bits per heavy atom. The minimum atomic E-state index is -1.98. The molecule has 3 aliphatic heterocycles. The van der Waals surface area contributed by atoms with Crippen LogP contribution >= 0.6 is 0 Å². The molecular formula is C72H123NO18. The van der Waals surface area contributed by atoms with Crippen molar-refractivity contribution in [3.05, 3.63) is 97.2 Å². The van der Waals surface area contributed by atoms with Gasteiger partial charge in [0.05, 0.1) is 38.6 Å². The van der Waals surface area contributed by atoms with Crippen LogP contribution in [0.5, 0.6) is 0 Å². The first-order chi connectivity index (χ1) is 44.3. The molecule has 0 spiro atoms. The van der Waals surface area contributed by atoms with Gasteiger partial charge in [-0.1, -0.05) is 233 Å². The molecule has 0 aromatic rings. The summed E-state index contributed by atoms with van der Waals surface area (Å²) >= 11 is 0. The molecule has 524 valence electrons. The van der Waals surface area contributed by atoms with E-state index in [9.17, 15) is 61.0 Å². The van der Waals surface area contributed by atoms with Gasteiger partial charge in [-0.3, -0.25) is 4.79 Å². The van der Waals surface area contributed by atoms with E-state index < -0.39 is 124 Å². The first-order valence-electron chi connectivity index (χ1n) is 35.0. The third-order valence-corrected chi connectivity index (χ3v) is 16.9. The van der Waals surface area contributed by atoms with Crippen LogP contribution in [0, 0.1) is 0 Å². The molecule has 17 unspecified atom stereocenters. The summed E-state index contributed by atoms with van der Waals surface area (Å²) in [7, 11) is 0. The van der Waals surface area contributed by atoms with Gasteiger partial charge in [0, 0.05) is 6.42 Å². The number of aliphatic hydroxyl groups is 11. The van der Waals surface area contributed by atoms with E-state index in [1.165, 1.54) is 89.9 Å². The Morgan fingerprint density at radius 1 is 0.407 bits per heavy atom. The molecule has 0 bridgehead atoms. The summed E-state index contributed by atoms with van der Waals surface area (Å²) in [5, 5.41) is 120. The zero-order valence-electron chi connectivity index (χ0n) is 55.3. The largest absolute Gasteiger partial charge is 0.394 e. The van der Waals surface area contributed by atoms with Crippen molar-refractivity contribution < 1.29 is 89.4 Å². The Hall–Kier alpha value is -3.29. The fourth-order valence-corrected chi connectivity index (χ4v) is 11.2. The van der Waals surface area contributed by atoms with Crippen molar-refractivity contribution in [2.24, 2.45) is 0 Å². The van der Waals surface area contributed by atoms with Crippen molar-refractivity contribution in [3.8, 4) is 0 Å². The van der Waals surface area contributed by atoms with Gasteiger partial charge in [-0.25, -0.2) is 0 Å². The third-order valence-electron chi connectivity index (χ3n) is 16.9. The molecule has 0 radical (unpaired) electrons. The molecule has 0 saturated carbocycles. The highest BCUT2D eigenvalue weighted by Crippen LogP contribution is 2.33. The van der Waals surface area contributed by atoms with E-state index in [0.29, 0.717) is 6.42 Å². The summed E-state index contributed by atoms with van der Waals surface area (Å²) in [5.41, 5.74) is 0. The zero-order chi connectivity index (χ0) is 66.1. The van der Waals surface area contributed by atoms with E-state index in [-0.39, 0.29) is 18.9 Å². The topological polar surface area (TPSA) is 307 Å². The van der Waals surface area contributed by atoms with Crippen LogP contribution in [-0.2, 0) is 33.2 Å². The Labute approximate surface area is 545 Å². The fourth-order valence-electron chi connectivity index (χ4n) is 11.2. The standard InChI is InChI=1S/C72H123NO18/c1-3-5-7-9-11-12-13-14-15-16-17-18-19-20-21-22-23-24-25-26-27-28-29-30-31-32-33-34-35-36-37-38-39-40-41-42-44-46-48-50-60(78)73-55(56(77)49-47-45-43-10-8-6-4-2)54-86-70-66(84)63(81)68(58(52-75)88-70)91-72-67(85)64(82)69(59(53-76)89-72)90-71-65(83)62(80)61(79)57(51-74)87-71/h5,7,11-12,14-15,17-18,20-21,23-24,26-27,47,49,55-59,61-72,74-77,79-85H,3-4,6,8-10,13,16,19,22,25,28-46,48,50-54H2,1-2H3,(H,73,78)/b7-5-,12-11-,15-14-,18-17-,21-20-,24-23-,27-26-,49-47+. The highest BCUT2D eigenvalue weighted by molar-refractivity contribution is 5.76. The molecule has 3 heterocycles. The van der Waals surface area contributed by atoms with Gasteiger partial charge in [-0.15, -0.1) is 0 Å². The van der Waals surface area contributed by atoms with Crippen LogP contribution in [0.25, 0.3) is 0 Å². The maximum atomic E-state index is 13.3. The van der Waals surface area contributed by atoms with Crippen molar-refractivity contribution in [2.45, 2.75) is 324 Å². The quantitative estimate of drug-likeness (QED) is 0.0199. The summed E-state index contributed by atoms with van der Waals surface area (Å²) < 4.78 is 34.2. The molecular weight excluding hydrogens is 1170 g/mol. The van der Waals surface area contributed by atoms with Crippen LogP contribution in [0.1, 0.15) is 219 Å². The SMILES string of the molecule is CC/C=C\C/C=C\C/C=C\C/C=C\C/C=C\C/C=C\C/C=C\CCCCCCCCCCCCCCCCCCCC(=O)NC(COC1OC(CO)C(OC2OC(CO)C(OC3OC(CO)C(O)C(O)C3O)C(O)C2O)C(O)C1O)C(O)/C=C/CCCCCCC. The lowest BCUT2D eigenvalue weighted by atomic mass is 9.96. The van der Waals surface area contributed by atoms with Gasteiger partial charge in [0.25, 0.3) is 0 Å². The van der Waals surface area contributed by atoms with Crippen molar-refractivity contribution in [2.75, 3.05) is 26.4 Å². The third kappa shape index (κ3) is 34.8. The number of hydrogen-bond donors (Lipinski definition) is 12. The van der Waals surface area contributed by atoms with Gasteiger partial charge >= 0.3 is 0 Å². The number of hydrogen-bond acceptors (Lipinski definition) is 18. The smallest absolute Gasteiger partial charge is 0.220 e. The summed E-state index contributed by atoms with van der Waals surface area (Å²) in [4.78, 5) is 13.3. The number of carbonyl (C=O) groups excluding carboxylic acids is 1. The molecule has 3 aliphatic rings. The van der Waals surface area contributed by atoms with Crippen molar-refractivity contribution >= 4 is 5.91 Å². The zero-order valence-corrected chi connectivity index (χ0v) is 55.3. The second-order valence-electron chi connectivity index (χ2n) is 24.6. The number of amides is 1. The Bertz CT molecular complexity index is 2030. The Kier molecular flexibility index (Phi) is 47.7. The Balaban J connectivity index is 1.26. The molecule has 3 saturated heterocycles. The first-order valence-corrected chi connectivity index (χ1v) is 35.0. The summed E-state index contributed by atoms with van der Waals surface area (Å²) in [5.74, 6) is -0.282. The molecule has 17 atom stereocenters. The monoisotopic (exact) mass is 1290 g/mol. The number of carbonyl (C=O) groups is 1. The van der Waals surface area contributed by atoms with Crippen LogP contribution in [-0.4, -0.2) is 193 Å². The second kappa shape index (κ2) is 52.9. The molecule has 0 aromatic carbocycles. The average molecular weight is 1290 g/mol. The average Bonchev–Trinajstić information content (AvgIpc) is 1.40. The minimum Gasteiger partial charge on any atom is -0.394 e. The molecule has 0 aliphatic carbocycles. The normalized spacial score (nSPS) is 28.5. The maximum Gasteiger partial charge on any atom is 0.220 e. The highest BCUT2D eigenvalue weighted by atomic mass is 16.8. The molecule has 12 N–H and O–H groups in total. The van der Waals surface area contributed by atoms with Gasteiger partial charge in [-0.05, 0) is 77.0 Å². The Morgan fingerprint density at radius 3 is 1.19 bits per heavy atom. The van der Waals surface area contributed by atoms with Gasteiger partial charge in [0.2, 0.25) is 5.91 Å². The van der Waals surface area contributed by atoms with Crippen LogP contribution in [0.2, 0.25) is 0 Å². The molecule has 19 nitrogen and oxygen atoms in total. The van der Waals surface area contributed by atoms with Gasteiger partial charge in [0.15, 0.2) is 18.9 Å². The van der Waals surface area contributed by atoms with Crippen molar-refractivity contribution in [3.63, 3.8) is 0 Å². The number of ether oxygens (including phenoxy) is 6. The predicted octanol–water partition coefficient (Wildman–Crippen LogP) is 9.27. The predicted molar refractivity (Wildman–Crippen MR) is 355 cm³/mol. The number of rotatable bonds is 52. The van der Waals surface area contributed by atoms with Gasteiger partial charge in [0.1, 0.15) is 73.2 Å². The summed E-state index contributed by atoms with van der Waals surface area (Å²) in [6, 6.07) is -0.973. The summed E-state index contributed by atoms with van der Waals surface area (Å²) in [6.45, 7) is 1.52. The summed E-state index contributed by atoms with van der Waals surface area (Å²) in [6.07, 6.45) is 43.2. The van der Waals surface area contributed by atoms with Crippen LogP contribution in [0.15, 0.2) is 97.2 Å². The molecule has 3 fully saturated rings. The van der Waals surface area contributed by atoms with Crippen LogP contribution < -0.4 is 5.32 Å². The van der Waals surface area contributed by atoms with Crippen molar-refractivity contribution in [1.82, 2.24) is 5.32 Å². The minimum absolute atomic E-state index is 0.239. The number of allylic oxidation sites excluding steroid dienone is 15. The van der Waals surface area contributed by atoms with E-state index in [2.05, 4.69) is 104 Å². The lowest BCUT2D eigenvalue weighted by molar-refractivity contribution is -0.379. The lowest BCUT2D eigenvalue weighted by Gasteiger charge is -2.48. The number of nitrogens with one attached hydrogen (secondary N) is 1. The maximum absolute atomic E-state index is 13.3. The van der Waals surface area contributed by atoms with E-state index in [0.717, 1.165) is 103 Å². The van der Waals surface area contributed by atoms with E-state index in [1.807, 2.05) is 6.08 Å². The first kappa shape index (κ1) is 81.9. The molecule has 3 rings (SSSR count). The van der Waals surface area contributed by atoms with Gasteiger partial charge < -0.3 is 89.9 Å². The highest BCUT2D eigenvalue weighted by Gasteiger charge is 2.53. The van der Waals surface area contributed by atoms with Gasteiger partial charge in [-0.2, -0.15) is 0 Å². The van der Waals surface area contributed by atoms with Crippen LogP contribution in [0.3, 0.4) is 0 Å². The van der Waals surface area contributed by atoms with Crippen LogP contribution in [0.4, 0.5) is 0 Å². The number of unbranched alkanes of at least 4 members (excludes halogenated alkanes) is 22. The van der Waals surface area contributed by atoms with Crippen molar-refractivity contribution in [1.29, 1.82) is 0 Å². The molecule has 0 aromatic heterocycles.